The van der Waals surface area contributed by atoms with Gasteiger partial charge in [0, 0.05) is 11.2 Å². The first-order chi connectivity index (χ1) is 16.4. The van der Waals surface area contributed by atoms with Crippen LogP contribution in [0.1, 0.15) is 76.4 Å². The van der Waals surface area contributed by atoms with Gasteiger partial charge in [0.25, 0.3) is 0 Å². The van der Waals surface area contributed by atoms with Crippen molar-refractivity contribution in [2.24, 2.45) is 11.3 Å². The maximum Gasteiger partial charge on any atom is 0.338 e. The average Bonchev–Trinajstić information content (AvgIpc) is 2.77. The number of hydrogen-bond acceptors (Lipinski definition) is 3. The Balaban J connectivity index is 1.93. The fraction of sp³-hybridized carbons (Fsp3) is 0.448. The van der Waals surface area contributed by atoms with Crippen LogP contribution in [0.2, 0.25) is 5.02 Å². The number of amides is 2. The van der Waals surface area contributed by atoms with Crippen LogP contribution in [-0.4, -0.2) is 18.6 Å². The van der Waals surface area contributed by atoms with Gasteiger partial charge < -0.3 is 10.1 Å². The second-order valence-corrected chi connectivity index (χ2v) is 11.2. The summed E-state index contributed by atoms with van der Waals surface area (Å²) in [6, 6.07) is 12.8. The van der Waals surface area contributed by atoms with Gasteiger partial charge in [-0.15, -0.1) is 0 Å². The van der Waals surface area contributed by atoms with Gasteiger partial charge in [0.15, 0.2) is 0 Å². The second-order valence-electron chi connectivity index (χ2n) is 10.8. The van der Waals surface area contributed by atoms with Crippen LogP contribution in [0, 0.1) is 11.3 Å². The third-order valence-electron chi connectivity index (χ3n) is 6.47. The lowest BCUT2D eigenvalue weighted by molar-refractivity contribution is 0.0526. The van der Waals surface area contributed by atoms with Crippen LogP contribution in [0.25, 0.3) is 0 Å². The highest BCUT2D eigenvalue weighted by atomic mass is 35.5. The zero-order chi connectivity index (χ0) is 26.0. The zero-order valence-corrected chi connectivity index (χ0v) is 22.6. The largest absolute Gasteiger partial charge is 0.462 e. The number of rotatable bonds is 7. The van der Waals surface area contributed by atoms with Crippen LogP contribution in [-0.2, 0) is 16.7 Å². The number of anilines is 1. The molecule has 5 nitrogen and oxygen atoms in total. The maximum atomic E-state index is 13.3. The van der Waals surface area contributed by atoms with E-state index in [1.807, 2.05) is 19.2 Å². The van der Waals surface area contributed by atoms with Crippen molar-refractivity contribution in [1.29, 1.82) is 0 Å². The number of benzene rings is 2. The molecule has 0 radical (unpaired) electrons. The molecule has 0 saturated carbocycles. The molecule has 2 aromatic rings. The van der Waals surface area contributed by atoms with Crippen LogP contribution in [0.3, 0.4) is 0 Å². The molecule has 1 atom stereocenters. The lowest BCUT2D eigenvalue weighted by atomic mass is 9.78. The third-order valence-corrected chi connectivity index (χ3v) is 6.83. The molecule has 0 aromatic heterocycles. The van der Waals surface area contributed by atoms with Crippen molar-refractivity contribution in [3.05, 3.63) is 76.0 Å². The van der Waals surface area contributed by atoms with Crippen LogP contribution in [0.5, 0.6) is 0 Å². The summed E-state index contributed by atoms with van der Waals surface area (Å²) in [5.74, 6) is -0.211. The molecule has 3 rings (SSSR count). The van der Waals surface area contributed by atoms with E-state index in [1.165, 1.54) is 0 Å². The van der Waals surface area contributed by atoms with Gasteiger partial charge in [-0.2, -0.15) is 0 Å². The van der Waals surface area contributed by atoms with E-state index in [1.54, 1.807) is 36.1 Å². The van der Waals surface area contributed by atoms with Crippen molar-refractivity contribution in [1.82, 2.24) is 5.32 Å². The lowest BCUT2D eigenvalue weighted by Crippen LogP contribution is -2.54. The van der Waals surface area contributed by atoms with Crippen LogP contribution >= 0.6 is 11.6 Å². The van der Waals surface area contributed by atoms with E-state index in [2.05, 4.69) is 52.1 Å². The minimum absolute atomic E-state index is 0.168. The Kier molecular flexibility index (Phi) is 8.00. The topological polar surface area (TPSA) is 58.6 Å². The highest BCUT2D eigenvalue weighted by molar-refractivity contribution is 6.31. The van der Waals surface area contributed by atoms with Crippen LogP contribution < -0.4 is 10.2 Å². The molecule has 1 aliphatic rings. The molecule has 2 amide bonds. The van der Waals surface area contributed by atoms with Gasteiger partial charge in [-0.25, -0.2) is 9.59 Å². The lowest BCUT2D eigenvalue weighted by Gasteiger charge is -2.42. The predicted octanol–water partition coefficient (Wildman–Crippen LogP) is 7.48. The summed E-state index contributed by atoms with van der Waals surface area (Å²) in [5, 5.41) is 3.94. The highest BCUT2D eigenvalue weighted by Gasteiger charge is 2.40. The second kappa shape index (κ2) is 10.4. The van der Waals surface area contributed by atoms with Gasteiger partial charge in [0.1, 0.15) is 0 Å². The van der Waals surface area contributed by atoms with Gasteiger partial charge >= 0.3 is 12.0 Å². The SMILES string of the molecule is CCOC(=O)c1ccc(N2C=C(C(C)C)C(C)(c3ccc(CCC(C)(C)C)c(Cl)c3)NC2=O)cc1. The number of hydrogen-bond donors (Lipinski definition) is 1. The highest BCUT2D eigenvalue weighted by Crippen LogP contribution is 2.39. The van der Waals surface area contributed by atoms with E-state index >= 15 is 0 Å². The number of halogens is 1. The van der Waals surface area contributed by atoms with Crippen molar-refractivity contribution >= 4 is 29.3 Å². The molecule has 0 spiro atoms. The molecule has 35 heavy (non-hydrogen) atoms. The molecule has 0 aliphatic carbocycles. The van der Waals surface area contributed by atoms with Crippen molar-refractivity contribution in [2.45, 2.75) is 66.8 Å². The first kappa shape index (κ1) is 26.8. The molecule has 0 bridgehead atoms. The first-order valence-corrected chi connectivity index (χ1v) is 12.6. The number of ether oxygens (including phenoxy) is 1. The molecule has 0 fully saturated rings. The zero-order valence-electron chi connectivity index (χ0n) is 21.9. The molecular formula is C29H37ClN2O3. The normalized spacial score (nSPS) is 18.4. The number of nitrogens with one attached hydrogen (secondary N) is 1. The van der Waals surface area contributed by atoms with Gasteiger partial charge in [0.05, 0.1) is 23.4 Å². The predicted molar refractivity (Wildman–Crippen MR) is 143 cm³/mol. The maximum absolute atomic E-state index is 13.3. The molecule has 0 saturated heterocycles. The van der Waals surface area contributed by atoms with Crippen molar-refractivity contribution in [3.63, 3.8) is 0 Å². The number of esters is 1. The fourth-order valence-corrected chi connectivity index (χ4v) is 4.65. The van der Waals surface area contributed by atoms with Crippen molar-refractivity contribution in [2.75, 3.05) is 11.5 Å². The van der Waals surface area contributed by atoms with E-state index < -0.39 is 5.54 Å². The smallest absolute Gasteiger partial charge is 0.338 e. The molecule has 188 valence electrons. The summed E-state index contributed by atoms with van der Waals surface area (Å²) in [5.41, 5.74) is 3.79. The van der Waals surface area contributed by atoms with E-state index in [9.17, 15) is 9.59 Å². The minimum atomic E-state index is -0.696. The van der Waals surface area contributed by atoms with Crippen molar-refractivity contribution in [3.8, 4) is 0 Å². The molecular weight excluding hydrogens is 460 g/mol. The monoisotopic (exact) mass is 496 g/mol. The first-order valence-electron chi connectivity index (χ1n) is 12.3. The molecule has 1 aliphatic heterocycles. The summed E-state index contributed by atoms with van der Waals surface area (Å²) in [6.45, 7) is 15.0. The number of carbonyl (C=O) groups excluding carboxylic acids is 2. The Bertz CT molecular complexity index is 1120. The summed E-state index contributed by atoms with van der Waals surface area (Å²) in [4.78, 5) is 26.9. The Labute approximate surface area is 214 Å². The number of aryl methyl sites for hydroxylation is 1. The van der Waals surface area contributed by atoms with Crippen LogP contribution in [0.4, 0.5) is 10.5 Å². The Morgan fingerprint density at radius 1 is 1.14 bits per heavy atom. The number of urea groups is 1. The fourth-order valence-electron chi connectivity index (χ4n) is 4.37. The van der Waals surface area contributed by atoms with Gasteiger partial charge in [-0.1, -0.05) is 58.4 Å². The molecule has 6 heteroatoms. The Morgan fingerprint density at radius 3 is 2.34 bits per heavy atom. The van der Waals surface area contributed by atoms with E-state index in [-0.39, 0.29) is 23.3 Å². The standard InChI is InChI=1S/C29H37ClN2O3/c1-8-35-26(33)21-10-13-23(14-11-21)32-18-24(19(2)3)29(7,31-27(32)34)22-12-9-20(25(30)17-22)15-16-28(4,5)6/h9-14,17-19H,8,15-16H2,1-7H3,(H,31,34). The summed E-state index contributed by atoms with van der Waals surface area (Å²) in [6.07, 6.45) is 3.86. The molecule has 2 aromatic carbocycles. The number of carbonyl (C=O) groups is 2. The Hall–Kier alpha value is -2.79. The summed E-state index contributed by atoms with van der Waals surface area (Å²) < 4.78 is 5.05. The summed E-state index contributed by atoms with van der Waals surface area (Å²) >= 11 is 6.71. The quantitative estimate of drug-likeness (QED) is 0.404. The van der Waals surface area contributed by atoms with Gasteiger partial charge in [0.2, 0.25) is 0 Å². The molecule has 1 unspecified atom stereocenters. The third kappa shape index (κ3) is 6.07. The van der Waals surface area contributed by atoms with Gasteiger partial charge in [-0.3, -0.25) is 4.90 Å². The van der Waals surface area contributed by atoms with Crippen molar-refractivity contribution < 1.29 is 14.3 Å². The minimum Gasteiger partial charge on any atom is -0.462 e. The Morgan fingerprint density at radius 2 is 1.80 bits per heavy atom. The van der Waals surface area contributed by atoms with E-state index in [0.717, 1.165) is 34.6 Å². The van der Waals surface area contributed by atoms with Crippen LogP contribution in [0.15, 0.2) is 54.2 Å². The number of nitrogens with zero attached hydrogens (tertiary/aromatic N) is 1. The van der Waals surface area contributed by atoms with E-state index in [0.29, 0.717) is 17.9 Å². The summed E-state index contributed by atoms with van der Waals surface area (Å²) in [7, 11) is 0. The average molecular weight is 497 g/mol. The molecule has 1 heterocycles. The van der Waals surface area contributed by atoms with Gasteiger partial charge in [-0.05, 0) is 85.1 Å². The van der Waals surface area contributed by atoms with E-state index in [4.69, 9.17) is 16.3 Å². The molecule has 1 N–H and O–H groups in total.